The predicted octanol–water partition coefficient (Wildman–Crippen LogP) is 0.557. The summed E-state index contributed by atoms with van der Waals surface area (Å²) in [6.07, 6.45) is 1.33. The zero-order valence-electron chi connectivity index (χ0n) is 13.7. The summed E-state index contributed by atoms with van der Waals surface area (Å²) in [7, 11) is 0. The Hall–Kier alpha value is -1.14. The number of nitrogens with zero attached hydrogens (tertiary/aromatic N) is 1. The molecule has 1 amide bonds. The van der Waals surface area contributed by atoms with Gasteiger partial charge in [-0.2, -0.15) is 0 Å². The monoisotopic (exact) mass is 310 g/mol. The van der Waals surface area contributed by atoms with Gasteiger partial charge in [0.25, 0.3) is 5.91 Å². The Kier molecular flexibility index (Phi) is 3.72. The normalized spacial score (nSPS) is 37.1. The van der Waals surface area contributed by atoms with Crippen LogP contribution in [-0.4, -0.2) is 61.8 Å². The Morgan fingerprint density at radius 2 is 1.91 bits per heavy atom. The average Bonchev–Trinajstić information content (AvgIpc) is 2.78. The van der Waals surface area contributed by atoms with Crippen LogP contribution in [0.25, 0.3) is 0 Å². The lowest BCUT2D eigenvalue weighted by Gasteiger charge is -2.35. The second-order valence-electron chi connectivity index (χ2n) is 7.38. The van der Waals surface area contributed by atoms with Crippen LogP contribution in [0.2, 0.25) is 0 Å². The van der Waals surface area contributed by atoms with Gasteiger partial charge in [-0.3, -0.25) is 14.5 Å². The summed E-state index contributed by atoms with van der Waals surface area (Å²) in [6, 6.07) is 0. The van der Waals surface area contributed by atoms with Crippen molar-refractivity contribution >= 4 is 11.9 Å². The maximum absolute atomic E-state index is 12.7. The average molecular weight is 310 g/mol. The highest BCUT2D eigenvalue weighted by Gasteiger charge is 2.75. The lowest BCUT2D eigenvalue weighted by atomic mass is 9.66. The van der Waals surface area contributed by atoms with E-state index in [1.807, 2.05) is 20.8 Å². The number of fused-ring (bicyclic) bond motifs is 2. The molecule has 1 N–H and O–H groups in total. The fourth-order valence-corrected chi connectivity index (χ4v) is 4.04. The topological polar surface area (TPSA) is 67.9 Å². The van der Waals surface area contributed by atoms with E-state index in [1.54, 1.807) is 0 Å². The van der Waals surface area contributed by atoms with Crippen molar-refractivity contribution < 1.29 is 19.1 Å². The molecule has 2 bridgehead atoms. The number of carbonyl (C=O) groups is 2. The summed E-state index contributed by atoms with van der Waals surface area (Å²) in [5.74, 6) is -0.368. The molecule has 3 fully saturated rings. The van der Waals surface area contributed by atoms with Crippen molar-refractivity contribution in [2.45, 2.75) is 39.2 Å². The van der Waals surface area contributed by atoms with Gasteiger partial charge < -0.3 is 14.8 Å². The zero-order chi connectivity index (χ0) is 16.0. The van der Waals surface area contributed by atoms with Crippen LogP contribution in [0.4, 0.5) is 0 Å². The van der Waals surface area contributed by atoms with E-state index in [4.69, 9.17) is 9.47 Å². The third-order valence-electron chi connectivity index (χ3n) is 6.27. The maximum atomic E-state index is 12.7. The van der Waals surface area contributed by atoms with Crippen LogP contribution in [0.1, 0.15) is 33.6 Å². The van der Waals surface area contributed by atoms with Crippen molar-refractivity contribution in [2.75, 3.05) is 39.4 Å². The third kappa shape index (κ3) is 2.00. The molecule has 0 spiro atoms. The molecule has 0 aromatic rings. The van der Waals surface area contributed by atoms with E-state index in [0.717, 1.165) is 39.3 Å². The summed E-state index contributed by atoms with van der Waals surface area (Å²) in [4.78, 5) is 27.2. The number of morpholine rings is 1. The van der Waals surface area contributed by atoms with E-state index in [9.17, 15) is 9.59 Å². The minimum absolute atomic E-state index is 0.139. The van der Waals surface area contributed by atoms with Gasteiger partial charge in [-0.1, -0.05) is 13.8 Å². The molecule has 0 radical (unpaired) electrons. The van der Waals surface area contributed by atoms with Crippen molar-refractivity contribution in [1.29, 1.82) is 0 Å². The van der Waals surface area contributed by atoms with Gasteiger partial charge in [-0.15, -0.1) is 0 Å². The Morgan fingerprint density at radius 1 is 1.23 bits per heavy atom. The molecule has 2 atom stereocenters. The van der Waals surface area contributed by atoms with Crippen molar-refractivity contribution in [2.24, 2.45) is 10.8 Å². The first kappa shape index (κ1) is 15.7. The molecule has 2 aliphatic heterocycles. The van der Waals surface area contributed by atoms with Crippen LogP contribution < -0.4 is 5.32 Å². The first-order chi connectivity index (χ1) is 10.3. The molecule has 6 heteroatoms. The van der Waals surface area contributed by atoms with E-state index < -0.39 is 16.4 Å². The zero-order valence-corrected chi connectivity index (χ0v) is 13.7. The van der Waals surface area contributed by atoms with Gasteiger partial charge in [0.2, 0.25) is 0 Å². The Bertz CT molecular complexity index is 487. The number of carbonyl (C=O) groups excluding carboxylic acids is 2. The van der Waals surface area contributed by atoms with E-state index in [2.05, 4.69) is 10.2 Å². The standard InChI is InChI=1S/C16H26N2O4/c1-14(2)15(3)4-5-16(14,22-13(15)20)12(19)17-6-7-18-8-10-21-11-9-18/h4-11H2,1-3H3,(H,17,19)/t15-,16+/m0/s1. The van der Waals surface area contributed by atoms with E-state index in [1.165, 1.54) is 0 Å². The molecule has 124 valence electrons. The molecule has 3 aliphatic rings. The lowest BCUT2D eigenvalue weighted by Crippen LogP contribution is -2.54. The number of nitrogens with one attached hydrogen (secondary N) is 1. The highest BCUT2D eigenvalue weighted by molar-refractivity contribution is 5.96. The molecular formula is C16H26N2O4. The van der Waals surface area contributed by atoms with Gasteiger partial charge in [0.15, 0.2) is 5.60 Å². The van der Waals surface area contributed by atoms with Crippen LogP contribution in [-0.2, 0) is 19.1 Å². The molecule has 2 saturated heterocycles. The van der Waals surface area contributed by atoms with Crippen molar-refractivity contribution in [3.8, 4) is 0 Å². The van der Waals surface area contributed by atoms with Crippen molar-refractivity contribution in [3.05, 3.63) is 0 Å². The minimum atomic E-state index is -0.996. The summed E-state index contributed by atoms with van der Waals surface area (Å²) in [5.41, 5.74) is -2.02. The van der Waals surface area contributed by atoms with Gasteiger partial charge in [0.05, 0.1) is 18.6 Å². The Labute approximate surface area is 131 Å². The van der Waals surface area contributed by atoms with Crippen LogP contribution in [0.5, 0.6) is 0 Å². The molecule has 1 saturated carbocycles. The molecular weight excluding hydrogens is 284 g/mol. The number of hydrogen-bond acceptors (Lipinski definition) is 5. The van der Waals surface area contributed by atoms with Crippen molar-refractivity contribution in [3.63, 3.8) is 0 Å². The van der Waals surface area contributed by atoms with E-state index in [0.29, 0.717) is 13.0 Å². The van der Waals surface area contributed by atoms with Gasteiger partial charge in [-0.25, -0.2) is 0 Å². The first-order valence-corrected chi connectivity index (χ1v) is 8.15. The molecule has 0 unspecified atom stereocenters. The fraction of sp³-hybridized carbons (Fsp3) is 0.875. The third-order valence-corrected chi connectivity index (χ3v) is 6.27. The summed E-state index contributed by atoms with van der Waals surface area (Å²) >= 11 is 0. The van der Waals surface area contributed by atoms with E-state index >= 15 is 0 Å². The second kappa shape index (κ2) is 5.20. The number of esters is 1. The molecule has 6 nitrogen and oxygen atoms in total. The number of ether oxygens (including phenoxy) is 2. The number of hydrogen-bond donors (Lipinski definition) is 1. The van der Waals surface area contributed by atoms with E-state index in [-0.39, 0.29) is 11.9 Å². The quantitative estimate of drug-likeness (QED) is 0.768. The summed E-state index contributed by atoms with van der Waals surface area (Å²) in [6.45, 7) is 10.6. The first-order valence-electron chi connectivity index (χ1n) is 8.15. The van der Waals surface area contributed by atoms with Gasteiger partial charge in [0.1, 0.15) is 0 Å². The van der Waals surface area contributed by atoms with Gasteiger partial charge >= 0.3 is 5.97 Å². The van der Waals surface area contributed by atoms with Gasteiger partial charge in [0, 0.05) is 31.6 Å². The van der Waals surface area contributed by atoms with Crippen molar-refractivity contribution in [1.82, 2.24) is 10.2 Å². The molecule has 22 heavy (non-hydrogen) atoms. The lowest BCUT2D eigenvalue weighted by molar-refractivity contribution is -0.168. The molecule has 1 aliphatic carbocycles. The SMILES string of the molecule is CC1(C)[C@@]2(C)CC[C@]1(C(=O)NCCN1CCOCC1)OC2=O. The fourth-order valence-electron chi connectivity index (χ4n) is 4.04. The van der Waals surface area contributed by atoms with Crippen LogP contribution in [0.3, 0.4) is 0 Å². The largest absolute Gasteiger partial charge is 0.448 e. The number of amides is 1. The molecule has 0 aromatic heterocycles. The molecule has 0 aromatic carbocycles. The van der Waals surface area contributed by atoms with Crippen LogP contribution in [0, 0.1) is 10.8 Å². The Balaban J connectivity index is 1.61. The number of rotatable bonds is 4. The summed E-state index contributed by atoms with van der Waals surface area (Å²) in [5, 5.41) is 2.99. The maximum Gasteiger partial charge on any atom is 0.313 e. The van der Waals surface area contributed by atoms with Gasteiger partial charge in [-0.05, 0) is 19.8 Å². The second-order valence-corrected chi connectivity index (χ2v) is 7.38. The minimum Gasteiger partial charge on any atom is -0.448 e. The Morgan fingerprint density at radius 3 is 2.45 bits per heavy atom. The predicted molar refractivity (Wildman–Crippen MR) is 80.2 cm³/mol. The van der Waals surface area contributed by atoms with Crippen LogP contribution >= 0.6 is 0 Å². The summed E-state index contributed by atoms with van der Waals surface area (Å²) < 4.78 is 10.9. The van der Waals surface area contributed by atoms with Crippen LogP contribution in [0.15, 0.2) is 0 Å². The highest BCUT2D eigenvalue weighted by atomic mass is 16.6. The molecule has 3 rings (SSSR count). The highest BCUT2D eigenvalue weighted by Crippen LogP contribution is 2.65. The smallest absolute Gasteiger partial charge is 0.313 e. The molecule has 2 heterocycles.